The highest BCUT2D eigenvalue weighted by Gasteiger charge is 2.35. The maximum atomic E-state index is 12.9. The average Bonchev–Trinajstić information content (AvgIpc) is 3.04. The number of aromatic amines is 1. The van der Waals surface area contributed by atoms with E-state index in [1.165, 1.54) is 24.4 Å². The SMILES string of the molecule is CC(C)(C)NC(=O)c1cc(CC(=O)Cc2ccc3c(C(F)(F)F)[nH]nc3c2)ccn1. The van der Waals surface area contributed by atoms with E-state index in [1.807, 2.05) is 25.9 Å². The highest BCUT2D eigenvalue weighted by Crippen LogP contribution is 2.33. The fraction of sp³-hybridized carbons (Fsp3) is 0.333. The molecule has 0 aliphatic rings. The Labute approximate surface area is 170 Å². The number of nitrogens with one attached hydrogen (secondary N) is 2. The molecule has 2 N–H and O–H groups in total. The number of hydrogen-bond donors (Lipinski definition) is 2. The second-order valence-electron chi connectivity index (χ2n) is 8.09. The molecule has 9 heteroatoms. The van der Waals surface area contributed by atoms with Crippen LogP contribution in [0.2, 0.25) is 0 Å². The summed E-state index contributed by atoms with van der Waals surface area (Å²) in [5.74, 6) is -0.476. The number of rotatable bonds is 5. The monoisotopic (exact) mass is 418 g/mol. The Hall–Kier alpha value is -3.23. The van der Waals surface area contributed by atoms with E-state index in [0.29, 0.717) is 11.1 Å². The van der Waals surface area contributed by atoms with Gasteiger partial charge in [0.05, 0.1) is 5.52 Å². The highest BCUT2D eigenvalue weighted by atomic mass is 19.4. The zero-order valence-corrected chi connectivity index (χ0v) is 16.7. The van der Waals surface area contributed by atoms with E-state index in [-0.39, 0.29) is 41.1 Å². The van der Waals surface area contributed by atoms with E-state index in [4.69, 9.17) is 0 Å². The fourth-order valence-electron chi connectivity index (χ4n) is 3.01. The predicted octanol–water partition coefficient (Wildman–Crippen LogP) is 3.86. The second-order valence-corrected chi connectivity index (χ2v) is 8.09. The van der Waals surface area contributed by atoms with Crippen LogP contribution in [0.5, 0.6) is 0 Å². The van der Waals surface area contributed by atoms with Gasteiger partial charge in [-0.1, -0.05) is 12.1 Å². The molecular weight excluding hydrogens is 397 g/mol. The van der Waals surface area contributed by atoms with Crippen LogP contribution in [-0.2, 0) is 23.8 Å². The molecule has 0 bridgehead atoms. The molecule has 0 aliphatic heterocycles. The summed E-state index contributed by atoms with van der Waals surface area (Å²) in [6.07, 6.45) is -2.94. The number of Topliss-reactive ketones (excluding diaryl/α,β-unsaturated/α-hetero) is 1. The van der Waals surface area contributed by atoms with Crippen molar-refractivity contribution in [2.45, 2.75) is 45.3 Å². The van der Waals surface area contributed by atoms with Crippen molar-refractivity contribution >= 4 is 22.6 Å². The number of nitrogens with zero attached hydrogens (tertiary/aromatic N) is 2. The van der Waals surface area contributed by atoms with Crippen molar-refractivity contribution in [3.05, 3.63) is 59.0 Å². The van der Waals surface area contributed by atoms with Gasteiger partial charge in [-0.3, -0.25) is 19.7 Å². The summed E-state index contributed by atoms with van der Waals surface area (Å²) in [4.78, 5) is 28.7. The van der Waals surface area contributed by atoms with Gasteiger partial charge in [0.15, 0.2) is 0 Å². The maximum absolute atomic E-state index is 12.9. The molecule has 3 aromatic rings. The Balaban J connectivity index is 1.70. The number of carbonyl (C=O) groups excluding carboxylic acids is 2. The third-order valence-electron chi connectivity index (χ3n) is 4.25. The van der Waals surface area contributed by atoms with Gasteiger partial charge in [0.25, 0.3) is 5.91 Å². The molecule has 0 unspecified atom stereocenters. The fourth-order valence-corrected chi connectivity index (χ4v) is 3.01. The number of ketones is 1. The molecule has 1 amide bonds. The van der Waals surface area contributed by atoms with Crippen LogP contribution in [0.15, 0.2) is 36.5 Å². The quantitative estimate of drug-likeness (QED) is 0.659. The van der Waals surface area contributed by atoms with Crippen LogP contribution in [0.25, 0.3) is 10.9 Å². The van der Waals surface area contributed by atoms with Crippen LogP contribution < -0.4 is 5.32 Å². The van der Waals surface area contributed by atoms with Crippen LogP contribution >= 0.6 is 0 Å². The zero-order valence-electron chi connectivity index (χ0n) is 16.7. The number of alkyl halides is 3. The van der Waals surface area contributed by atoms with Gasteiger partial charge in [0, 0.05) is 30.0 Å². The van der Waals surface area contributed by atoms with Crippen molar-refractivity contribution in [3.8, 4) is 0 Å². The summed E-state index contributed by atoms with van der Waals surface area (Å²) in [6.45, 7) is 5.56. The van der Waals surface area contributed by atoms with Crippen molar-refractivity contribution in [3.63, 3.8) is 0 Å². The lowest BCUT2D eigenvalue weighted by Gasteiger charge is -2.20. The summed E-state index contributed by atoms with van der Waals surface area (Å²) in [7, 11) is 0. The molecule has 0 fully saturated rings. The lowest BCUT2D eigenvalue weighted by atomic mass is 10.0. The van der Waals surface area contributed by atoms with E-state index >= 15 is 0 Å². The molecule has 0 saturated heterocycles. The molecule has 1 aromatic carbocycles. The predicted molar refractivity (Wildman–Crippen MR) is 105 cm³/mol. The Morgan fingerprint density at radius 1 is 1.03 bits per heavy atom. The topological polar surface area (TPSA) is 87.7 Å². The van der Waals surface area contributed by atoms with Gasteiger partial charge in [-0.2, -0.15) is 18.3 Å². The van der Waals surface area contributed by atoms with Crippen molar-refractivity contribution in [1.82, 2.24) is 20.5 Å². The molecule has 0 spiro atoms. The molecule has 2 heterocycles. The number of carbonyl (C=O) groups is 2. The molecule has 0 radical (unpaired) electrons. The molecule has 6 nitrogen and oxygen atoms in total. The summed E-state index contributed by atoms with van der Waals surface area (Å²) in [5.41, 5.74) is 0.238. The maximum Gasteiger partial charge on any atom is 0.433 e. The average molecular weight is 418 g/mol. The molecule has 2 aromatic heterocycles. The number of aromatic nitrogens is 3. The van der Waals surface area contributed by atoms with Crippen LogP contribution in [0.4, 0.5) is 13.2 Å². The van der Waals surface area contributed by atoms with Gasteiger partial charge < -0.3 is 5.32 Å². The van der Waals surface area contributed by atoms with Gasteiger partial charge in [-0.25, -0.2) is 0 Å². The summed E-state index contributed by atoms with van der Waals surface area (Å²) < 4.78 is 38.8. The van der Waals surface area contributed by atoms with Gasteiger partial charge in [0.2, 0.25) is 0 Å². The number of hydrogen-bond acceptors (Lipinski definition) is 4. The minimum atomic E-state index is -4.52. The number of pyridine rings is 1. The first-order valence-electron chi connectivity index (χ1n) is 9.26. The minimum Gasteiger partial charge on any atom is -0.346 e. The van der Waals surface area contributed by atoms with E-state index in [1.54, 1.807) is 12.1 Å². The van der Waals surface area contributed by atoms with E-state index < -0.39 is 17.4 Å². The largest absolute Gasteiger partial charge is 0.433 e. The van der Waals surface area contributed by atoms with Crippen LogP contribution in [0.1, 0.15) is 48.1 Å². The normalized spacial score (nSPS) is 12.2. The molecule has 3 rings (SSSR count). The molecular formula is C21H21F3N4O2. The highest BCUT2D eigenvalue weighted by molar-refractivity contribution is 5.93. The zero-order chi connectivity index (χ0) is 22.1. The molecule has 158 valence electrons. The standard InChI is InChI=1S/C21H21F3N4O2/c1-20(2,3)26-19(30)17-11-13(6-7-25-17)9-14(29)8-12-4-5-15-16(10-12)27-28-18(15)21(22,23)24/h4-7,10-11H,8-9H2,1-3H3,(H,26,30)(H,27,28). The molecule has 0 saturated carbocycles. The summed E-state index contributed by atoms with van der Waals surface area (Å²) in [6, 6.07) is 7.48. The summed E-state index contributed by atoms with van der Waals surface area (Å²) >= 11 is 0. The van der Waals surface area contributed by atoms with Crippen molar-refractivity contribution in [2.75, 3.05) is 0 Å². The smallest absolute Gasteiger partial charge is 0.346 e. The van der Waals surface area contributed by atoms with Crippen LogP contribution in [0.3, 0.4) is 0 Å². The van der Waals surface area contributed by atoms with Crippen LogP contribution in [0, 0.1) is 0 Å². The number of H-pyrrole nitrogens is 1. The third-order valence-corrected chi connectivity index (χ3v) is 4.25. The lowest BCUT2D eigenvalue weighted by Crippen LogP contribution is -2.40. The lowest BCUT2D eigenvalue weighted by molar-refractivity contribution is -0.140. The molecule has 0 aliphatic carbocycles. The molecule has 30 heavy (non-hydrogen) atoms. The van der Waals surface area contributed by atoms with Crippen molar-refractivity contribution in [1.29, 1.82) is 0 Å². The number of fused-ring (bicyclic) bond motifs is 1. The third kappa shape index (κ3) is 5.22. The Morgan fingerprint density at radius 3 is 2.33 bits per heavy atom. The molecule has 0 atom stereocenters. The minimum absolute atomic E-state index is 0.0377. The van der Waals surface area contributed by atoms with Crippen molar-refractivity contribution in [2.24, 2.45) is 0 Å². The number of benzene rings is 1. The van der Waals surface area contributed by atoms with E-state index in [2.05, 4.69) is 15.4 Å². The van der Waals surface area contributed by atoms with Gasteiger partial charge in [-0.05, 0) is 50.1 Å². The van der Waals surface area contributed by atoms with Gasteiger partial charge in [-0.15, -0.1) is 0 Å². The first-order valence-corrected chi connectivity index (χ1v) is 9.26. The Bertz CT molecular complexity index is 1100. The number of halogens is 3. The van der Waals surface area contributed by atoms with Gasteiger partial charge in [0.1, 0.15) is 17.2 Å². The second kappa shape index (κ2) is 7.89. The Kier molecular flexibility index (Phi) is 5.65. The Morgan fingerprint density at radius 2 is 1.70 bits per heavy atom. The number of amides is 1. The van der Waals surface area contributed by atoms with Crippen LogP contribution in [-0.4, -0.2) is 32.4 Å². The van der Waals surface area contributed by atoms with Gasteiger partial charge >= 0.3 is 6.18 Å². The first kappa shape index (κ1) is 21.5. The first-order chi connectivity index (χ1) is 13.9. The van der Waals surface area contributed by atoms with E-state index in [0.717, 1.165) is 0 Å². The summed E-state index contributed by atoms with van der Waals surface area (Å²) in [5, 5.41) is 8.46. The van der Waals surface area contributed by atoms with Crippen molar-refractivity contribution < 1.29 is 22.8 Å². The van der Waals surface area contributed by atoms with E-state index in [9.17, 15) is 22.8 Å².